The van der Waals surface area contributed by atoms with Crippen molar-refractivity contribution >= 4 is 11.8 Å². The molecule has 6 nitrogen and oxygen atoms in total. The summed E-state index contributed by atoms with van der Waals surface area (Å²) in [6, 6.07) is 20.4. The van der Waals surface area contributed by atoms with Gasteiger partial charge in [0.1, 0.15) is 11.9 Å². The monoisotopic (exact) mass is 478 g/mol. The molecule has 2 amide bonds. The van der Waals surface area contributed by atoms with Crippen LogP contribution in [0.2, 0.25) is 0 Å². The number of methoxy groups -OCH3 is 2. The molecule has 3 rings (SSSR count). The Labute approximate surface area is 205 Å². The number of halogens is 1. The van der Waals surface area contributed by atoms with Gasteiger partial charge in [0.25, 0.3) is 0 Å². The summed E-state index contributed by atoms with van der Waals surface area (Å²) < 4.78 is 24.1. The van der Waals surface area contributed by atoms with Gasteiger partial charge >= 0.3 is 0 Å². The predicted octanol–water partition coefficient (Wildman–Crippen LogP) is 4.16. The fourth-order valence-electron chi connectivity index (χ4n) is 3.94. The Morgan fingerprint density at radius 2 is 1.54 bits per heavy atom. The predicted molar refractivity (Wildman–Crippen MR) is 133 cm³/mol. The molecule has 35 heavy (non-hydrogen) atoms. The third kappa shape index (κ3) is 7.06. The fraction of sp³-hybridized carbons (Fsp3) is 0.286. The zero-order valence-corrected chi connectivity index (χ0v) is 20.3. The molecule has 0 aliphatic carbocycles. The zero-order chi connectivity index (χ0) is 25.2. The molecule has 0 aliphatic rings. The normalized spacial score (nSPS) is 11.4. The number of aryl methyl sites for hydroxylation is 1. The van der Waals surface area contributed by atoms with E-state index in [2.05, 4.69) is 5.32 Å². The van der Waals surface area contributed by atoms with Crippen molar-refractivity contribution in [3.05, 3.63) is 95.3 Å². The van der Waals surface area contributed by atoms with E-state index in [0.717, 1.165) is 16.7 Å². The highest BCUT2D eigenvalue weighted by atomic mass is 19.1. The summed E-state index contributed by atoms with van der Waals surface area (Å²) in [6.45, 7) is 0.190. The lowest BCUT2D eigenvalue weighted by Gasteiger charge is -2.31. The van der Waals surface area contributed by atoms with Crippen molar-refractivity contribution in [1.29, 1.82) is 0 Å². The highest BCUT2D eigenvalue weighted by molar-refractivity contribution is 5.88. The largest absolute Gasteiger partial charge is 0.493 e. The maximum atomic E-state index is 13.5. The molecule has 7 heteroatoms. The van der Waals surface area contributed by atoms with Gasteiger partial charge in [-0.15, -0.1) is 0 Å². The maximum absolute atomic E-state index is 13.5. The lowest BCUT2D eigenvalue weighted by atomic mass is 10.0. The minimum absolute atomic E-state index is 0.173. The molecule has 0 bridgehead atoms. The van der Waals surface area contributed by atoms with Gasteiger partial charge in [0, 0.05) is 26.4 Å². The van der Waals surface area contributed by atoms with Gasteiger partial charge in [-0.2, -0.15) is 0 Å². The average Bonchev–Trinajstić information content (AvgIpc) is 2.90. The van der Waals surface area contributed by atoms with Crippen LogP contribution in [0.1, 0.15) is 23.1 Å². The number of carbonyl (C=O) groups excluding carboxylic acids is 2. The second kappa shape index (κ2) is 12.6. The van der Waals surface area contributed by atoms with E-state index in [4.69, 9.17) is 9.47 Å². The first-order valence-electron chi connectivity index (χ1n) is 11.5. The number of carbonyl (C=O) groups is 2. The van der Waals surface area contributed by atoms with Gasteiger partial charge in [-0.1, -0.05) is 48.5 Å². The topological polar surface area (TPSA) is 67.9 Å². The van der Waals surface area contributed by atoms with Gasteiger partial charge in [0.15, 0.2) is 11.5 Å². The quantitative estimate of drug-likeness (QED) is 0.449. The van der Waals surface area contributed by atoms with Gasteiger partial charge in [-0.3, -0.25) is 9.59 Å². The van der Waals surface area contributed by atoms with Crippen LogP contribution in [-0.4, -0.2) is 44.0 Å². The van der Waals surface area contributed by atoms with E-state index < -0.39 is 6.04 Å². The molecular formula is C28H31FN2O4. The molecule has 1 N–H and O–H groups in total. The van der Waals surface area contributed by atoms with E-state index in [1.165, 1.54) is 12.1 Å². The molecule has 3 aromatic rings. The summed E-state index contributed by atoms with van der Waals surface area (Å²) in [5.74, 6) is 0.423. The number of ether oxygens (including phenoxy) is 2. The zero-order valence-electron chi connectivity index (χ0n) is 20.3. The summed E-state index contributed by atoms with van der Waals surface area (Å²) in [6.07, 6.45) is 1.02. The second-order valence-electron chi connectivity index (χ2n) is 8.16. The van der Waals surface area contributed by atoms with E-state index in [9.17, 15) is 14.0 Å². The Kier molecular flexibility index (Phi) is 9.23. The highest BCUT2D eigenvalue weighted by Crippen LogP contribution is 2.28. The minimum atomic E-state index is -0.717. The lowest BCUT2D eigenvalue weighted by molar-refractivity contribution is -0.141. The first-order chi connectivity index (χ1) is 16.9. The number of nitrogens with one attached hydrogen (secondary N) is 1. The van der Waals surface area contributed by atoms with Crippen molar-refractivity contribution in [3.63, 3.8) is 0 Å². The summed E-state index contributed by atoms with van der Waals surface area (Å²) in [5.41, 5.74) is 2.60. The number of likely N-dealkylation sites (N-methyl/N-ethyl adjacent to an activating group) is 1. The standard InChI is InChI=1S/C28H31FN2O4/c1-30-28(33)24(17-20-7-5-4-6-8-20)31(19-22-9-13-23(29)14-10-22)27(32)16-12-21-11-15-25(34-2)26(18-21)35-3/h4-11,13-15,18,24H,12,16-17,19H2,1-3H3,(H,30,33)/t24-/m0/s1. The molecule has 3 aromatic carbocycles. The summed E-state index contributed by atoms with van der Waals surface area (Å²) in [4.78, 5) is 28.1. The van der Waals surface area contributed by atoms with Crippen LogP contribution in [0.4, 0.5) is 4.39 Å². The van der Waals surface area contributed by atoms with Crippen molar-refractivity contribution in [2.75, 3.05) is 21.3 Å². The number of benzene rings is 3. The molecule has 0 radical (unpaired) electrons. The number of nitrogens with zero attached hydrogens (tertiary/aromatic N) is 1. The third-order valence-corrected chi connectivity index (χ3v) is 5.86. The summed E-state index contributed by atoms with van der Waals surface area (Å²) in [7, 11) is 4.69. The van der Waals surface area contributed by atoms with E-state index >= 15 is 0 Å². The van der Waals surface area contributed by atoms with Crippen molar-refractivity contribution < 1.29 is 23.5 Å². The van der Waals surface area contributed by atoms with E-state index in [-0.39, 0.29) is 30.6 Å². The molecule has 0 aromatic heterocycles. The number of hydrogen-bond acceptors (Lipinski definition) is 4. The van der Waals surface area contributed by atoms with Crippen LogP contribution < -0.4 is 14.8 Å². The van der Waals surface area contributed by atoms with E-state index in [1.807, 2.05) is 42.5 Å². The van der Waals surface area contributed by atoms with Gasteiger partial charge in [-0.05, 0) is 47.4 Å². The van der Waals surface area contributed by atoms with Crippen LogP contribution in [-0.2, 0) is 29.0 Å². The van der Waals surface area contributed by atoms with Crippen LogP contribution in [0.3, 0.4) is 0 Å². The van der Waals surface area contributed by atoms with Gasteiger partial charge < -0.3 is 19.7 Å². The molecule has 0 saturated carbocycles. The molecule has 0 unspecified atom stereocenters. The number of rotatable bonds is 11. The lowest BCUT2D eigenvalue weighted by Crippen LogP contribution is -2.49. The molecular weight excluding hydrogens is 447 g/mol. The molecule has 0 spiro atoms. The Balaban J connectivity index is 1.86. The van der Waals surface area contributed by atoms with E-state index in [1.54, 1.807) is 44.4 Å². The van der Waals surface area contributed by atoms with E-state index in [0.29, 0.717) is 24.3 Å². The van der Waals surface area contributed by atoms with Gasteiger partial charge in [-0.25, -0.2) is 4.39 Å². The van der Waals surface area contributed by atoms with Crippen molar-refractivity contribution in [3.8, 4) is 11.5 Å². The van der Waals surface area contributed by atoms with Crippen LogP contribution in [0.25, 0.3) is 0 Å². The van der Waals surface area contributed by atoms with Gasteiger partial charge in [0.2, 0.25) is 11.8 Å². The molecule has 1 atom stereocenters. The first kappa shape index (κ1) is 25.7. The Hall–Kier alpha value is -3.87. The SMILES string of the molecule is CNC(=O)[C@H](Cc1ccccc1)N(Cc1ccc(F)cc1)C(=O)CCc1ccc(OC)c(OC)c1. The Morgan fingerprint density at radius 1 is 0.886 bits per heavy atom. The molecule has 0 aliphatic heterocycles. The van der Waals surface area contributed by atoms with Crippen LogP contribution in [0, 0.1) is 5.82 Å². The second-order valence-corrected chi connectivity index (χ2v) is 8.16. The smallest absolute Gasteiger partial charge is 0.242 e. The van der Waals surface area contributed by atoms with Crippen LogP contribution >= 0.6 is 0 Å². The Bertz CT molecular complexity index is 1120. The van der Waals surface area contributed by atoms with Crippen molar-refractivity contribution in [2.24, 2.45) is 0 Å². The van der Waals surface area contributed by atoms with Crippen molar-refractivity contribution in [1.82, 2.24) is 10.2 Å². The molecule has 0 heterocycles. The van der Waals surface area contributed by atoms with Crippen LogP contribution in [0.5, 0.6) is 11.5 Å². The molecule has 184 valence electrons. The van der Waals surface area contributed by atoms with Crippen LogP contribution in [0.15, 0.2) is 72.8 Å². The van der Waals surface area contributed by atoms with Gasteiger partial charge in [0.05, 0.1) is 14.2 Å². The first-order valence-corrected chi connectivity index (χ1v) is 11.5. The molecule has 0 saturated heterocycles. The highest BCUT2D eigenvalue weighted by Gasteiger charge is 2.29. The van der Waals surface area contributed by atoms with Crippen molar-refractivity contribution in [2.45, 2.75) is 31.8 Å². The minimum Gasteiger partial charge on any atom is -0.493 e. The average molecular weight is 479 g/mol. The molecule has 0 fully saturated rings. The maximum Gasteiger partial charge on any atom is 0.242 e. The number of amides is 2. The summed E-state index contributed by atoms with van der Waals surface area (Å²) >= 11 is 0. The number of hydrogen-bond donors (Lipinski definition) is 1. The Morgan fingerprint density at radius 3 is 2.17 bits per heavy atom. The summed E-state index contributed by atoms with van der Waals surface area (Å²) in [5, 5.41) is 2.69. The third-order valence-electron chi connectivity index (χ3n) is 5.86. The fourth-order valence-corrected chi connectivity index (χ4v) is 3.94.